The Morgan fingerprint density at radius 3 is 2.14 bits per heavy atom. The fraction of sp³-hybridized carbons (Fsp3) is 0.250. The monoisotopic (exact) mass is 398 g/mol. The first kappa shape index (κ1) is 19.7. The van der Waals surface area contributed by atoms with E-state index < -0.39 is 0 Å². The zero-order chi connectivity index (χ0) is 18.5. The van der Waals surface area contributed by atoms with Crippen LogP contribution in [0.15, 0.2) is 54.6 Å². The van der Waals surface area contributed by atoms with Crippen LogP contribution in [0.2, 0.25) is 0 Å². The molecule has 0 atom stereocenters. The summed E-state index contributed by atoms with van der Waals surface area (Å²) < 4.78 is 5.29. The highest BCUT2D eigenvalue weighted by Gasteiger charge is 2.17. The molecule has 0 aliphatic carbocycles. The van der Waals surface area contributed by atoms with E-state index in [1.807, 2.05) is 54.6 Å². The molecule has 0 unspecified atom stereocenters. The van der Waals surface area contributed by atoms with Gasteiger partial charge in [-0.2, -0.15) is 15.0 Å². The molecule has 1 fully saturated rings. The SMILES string of the molecule is COc1cccc(Nc2nc(Nc3ccccc3)nc(N3CCCC3)n2)c1.Cl. The number of nitrogens with one attached hydrogen (secondary N) is 2. The summed E-state index contributed by atoms with van der Waals surface area (Å²) in [5.41, 5.74) is 1.79. The van der Waals surface area contributed by atoms with Crippen LogP contribution in [-0.4, -0.2) is 35.2 Å². The van der Waals surface area contributed by atoms with Crippen LogP contribution in [0.4, 0.5) is 29.2 Å². The Kier molecular flexibility index (Phi) is 6.49. The fourth-order valence-corrected chi connectivity index (χ4v) is 3.02. The van der Waals surface area contributed by atoms with E-state index in [4.69, 9.17) is 4.74 Å². The summed E-state index contributed by atoms with van der Waals surface area (Å²) in [6.07, 6.45) is 2.32. The second kappa shape index (κ2) is 9.23. The summed E-state index contributed by atoms with van der Waals surface area (Å²) in [6, 6.07) is 17.6. The molecule has 0 radical (unpaired) electrons. The van der Waals surface area contributed by atoms with E-state index in [-0.39, 0.29) is 12.4 Å². The lowest BCUT2D eigenvalue weighted by molar-refractivity contribution is 0.415. The minimum atomic E-state index is 0. The van der Waals surface area contributed by atoms with Crippen molar-refractivity contribution in [1.82, 2.24) is 15.0 Å². The van der Waals surface area contributed by atoms with E-state index in [1.165, 1.54) is 0 Å². The van der Waals surface area contributed by atoms with Gasteiger partial charge in [0.15, 0.2) is 0 Å². The predicted octanol–water partition coefficient (Wildman–Crippen LogP) is 4.39. The number of benzene rings is 2. The number of para-hydroxylation sites is 1. The molecular formula is C20H23ClN6O. The molecule has 7 nitrogen and oxygen atoms in total. The normalized spacial score (nSPS) is 13.0. The quantitative estimate of drug-likeness (QED) is 0.637. The van der Waals surface area contributed by atoms with Crippen LogP contribution in [0.5, 0.6) is 5.75 Å². The molecule has 0 amide bonds. The standard InChI is InChI=1S/C20H22N6O.ClH/c1-27-17-11-7-10-16(14-17)22-19-23-18(21-15-8-3-2-4-9-15)24-20(25-19)26-12-5-6-13-26;/h2-4,7-11,14H,5-6,12-13H2,1H3,(H2,21,22,23,24,25);1H. The third-order valence-electron chi connectivity index (χ3n) is 4.37. The minimum Gasteiger partial charge on any atom is -0.497 e. The van der Waals surface area contributed by atoms with Crippen molar-refractivity contribution in [2.45, 2.75) is 12.8 Å². The van der Waals surface area contributed by atoms with E-state index in [0.29, 0.717) is 17.8 Å². The fourth-order valence-electron chi connectivity index (χ4n) is 3.02. The lowest BCUT2D eigenvalue weighted by Crippen LogP contribution is -2.21. The Morgan fingerprint density at radius 2 is 1.46 bits per heavy atom. The van der Waals surface area contributed by atoms with Gasteiger partial charge >= 0.3 is 0 Å². The molecule has 3 aromatic rings. The lowest BCUT2D eigenvalue weighted by atomic mass is 10.3. The largest absolute Gasteiger partial charge is 0.497 e. The van der Waals surface area contributed by atoms with Crippen molar-refractivity contribution in [2.75, 3.05) is 35.7 Å². The first-order valence-corrected chi connectivity index (χ1v) is 9.04. The van der Waals surface area contributed by atoms with Gasteiger partial charge in [-0.25, -0.2) is 0 Å². The molecule has 4 rings (SSSR count). The van der Waals surface area contributed by atoms with Crippen molar-refractivity contribution in [1.29, 1.82) is 0 Å². The van der Waals surface area contributed by atoms with Gasteiger partial charge in [-0.3, -0.25) is 0 Å². The number of aromatic nitrogens is 3. The summed E-state index contributed by atoms with van der Waals surface area (Å²) in [5.74, 6) is 2.48. The number of rotatable bonds is 6. The number of anilines is 5. The van der Waals surface area contributed by atoms with Gasteiger partial charge < -0.3 is 20.3 Å². The first-order valence-electron chi connectivity index (χ1n) is 9.04. The average molecular weight is 399 g/mol. The summed E-state index contributed by atoms with van der Waals surface area (Å²) >= 11 is 0. The smallest absolute Gasteiger partial charge is 0.233 e. The molecule has 1 aliphatic rings. The van der Waals surface area contributed by atoms with Crippen LogP contribution in [0.25, 0.3) is 0 Å². The third-order valence-corrected chi connectivity index (χ3v) is 4.37. The highest BCUT2D eigenvalue weighted by Crippen LogP contribution is 2.24. The number of ether oxygens (including phenoxy) is 1. The molecule has 28 heavy (non-hydrogen) atoms. The van der Waals surface area contributed by atoms with Gasteiger partial charge in [0.1, 0.15) is 5.75 Å². The van der Waals surface area contributed by atoms with Gasteiger partial charge in [0.2, 0.25) is 17.8 Å². The molecule has 0 saturated carbocycles. The molecule has 1 aromatic heterocycles. The van der Waals surface area contributed by atoms with Crippen LogP contribution in [0, 0.1) is 0 Å². The molecule has 0 bridgehead atoms. The Hall–Kier alpha value is -3.06. The van der Waals surface area contributed by atoms with E-state index in [0.717, 1.165) is 43.1 Å². The van der Waals surface area contributed by atoms with Crippen molar-refractivity contribution in [3.05, 3.63) is 54.6 Å². The molecule has 0 spiro atoms. The first-order chi connectivity index (χ1) is 13.3. The molecule has 8 heteroatoms. The lowest BCUT2D eigenvalue weighted by Gasteiger charge is -2.17. The number of hydrogen-bond acceptors (Lipinski definition) is 7. The second-order valence-corrected chi connectivity index (χ2v) is 6.32. The van der Waals surface area contributed by atoms with Crippen LogP contribution in [-0.2, 0) is 0 Å². The molecule has 2 heterocycles. The maximum absolute atomic E-state index is 5.29. The molecule has 2 N–H and O–H groups in total. The topological polar surface area (TPSA) is 75.2 Å². The Morgan fingerprint density at radius 1 is 0.821 bits per heavy atom. The van der Waals surface area contributed by atoms with Crippen LogP contribution < -0.4 is 20.3 Å². The zero-order valence-electron chi connectivity index (χ0n) is 15.6. The summed E-state index contributed by atoms with van der Waals surface area (Å²) in [5, 5.41) is 6.52. The van der Waals surface area contributed by atoms with Crippen molar-refractivity contribution in [2.24, 2.45) is 0 Å². The summed E-state index contributed by atoms with van der Waals surface area (Å²) in [7, 11) is 1.65. The van der Waals surface area contributed by atoms with Gasteiger partial charge in [0.05, 0.1) is 7.11 Å². The van der Waals surface area contributed by atoms with Crippen molar-refractivity contribution in [3.8, 4) is 5.75 Å². The van der Waals surface area contributed by atoms with E-state index >= 15 is 0 Å². The second-order valence-electron chi connectivity index (χ2n) is 6.32. The summed E-state index contributed by atoms with van der Waals surface area (Å²) in [6.45, 7) is 1.93. The predicted molar refractivity (Wildman–Crippen MR) is 115 cm³/mol. The van der Waals surface area contributed by atoms with Crippen molar-refractivity contribution < 1.29 is 4.74 Å². The van der Waals surface area contributed by atoms with E-state index in [1.54, 1.807) is 7.11 Å². The number of halogens is 1. The number of nitrogens with zero attached hydrogens (tertiary/aromatic N) is 4. The third kappa shape index (κ3) is 4.80. The maximum Gasteiger partial charge on any atom is 0.233 e. The van der Waals surface area contributed by atoms with Crippen LogP contribution in [0.3, 0.4) is 0 Å². The number of hydrogen-bond donors (Lipinski definition) is 2. The van der Waals surface area contributed by atoms with Gasteiger partial charge in [0, 0.05) is 30.5 Å². The van der Waals surface area contributed by atoms with Crippen molar-refractivity contribution >= 4 is 41.6 Å². The Bertz CT molecular complexity index is 902. The van der Waals surface area contributed by atoms with Gasteiger partial charge in [-0.15, -0.1) is 12.4 Å². The molecule has 146 valence electrons. The average Bonchev–Trinajstić information content (AvgIpc) is 3.24. The van der Waals surface area contributed by atoms with Crippen LogP contribution >= 0.6 is 12.4 Å². The highest BCUT2D eigenvalue weighted by molar-refractivity contribution is 5.85. The zero-order valence-corrected chi connectivity index (χ0v) is 16.4. The molecule has 2 aromatic carbocycles. The molecule has 1 saturated heterocycles. The van der Waals surface area contributed by atoms with Gasteiger partial charge in [-0.1, -0.05) is 24.3 Å². The van der Waals surface area contributed by atoms with Crippen LogP contribution in [0.1, 0.15) is 12.8 Å². The Balaban J connectivity index is 0.00000225. The number of methoxy groups -OCH3 is 1. The Labute approximate surface area is 170 Å². The van der Waals surface area contributed by atoms with Gasteiger partial charge in [0.25, 0.3) is 0 Å². The van der Waals surface area contributed by atoms with Crippen molar-refractivity contribution in [3.63, 3.8) is 0 Å². The maximum atomic E-state index is 5.29. The highest BCUT2D eigenvalue weighted by atomic mass is 35.5. The minimum absolute atomic E-state index is 0. The summed E-state index contributed by atoms with van der Waals surface area (Å²) in [4.78, 5) is 16.0. The van der Waals surface area contributed by atoms with E-state index in [9.17, 15) is 0 Å². The van der Waals surface area contributed by atoms with E-state index in [2.05, 4.69) is 30.5 Å². The molecular weight excluding hydrogens is 376 g/mol. The molecule has 1 aliphatic heterocycles. The van der Waals surface area contributed by atoms with Gasteiger partial charge in [-0.05, 0) is 37.1 Å².